The number of ether oxygens (including phenoxy) is 2. The van der Waals surface area contributed by atoms with Crippen molar-refractivity contribution in [3.8, 4) is 11.5 Å². The van der Waals surface area contributed by atoms with Crippen LogP contribution in [0.25, 0.3) is 10.2 Å². The first kappa shape index (κ1) is 22.5. The van der Waals surface area contributed by atoms with Crippen LogP contribution >= 0.6 is 11.3 Å². The van der Waals surface area contributed by atoms with Gasteiger partial charge < -0.3 is 14.8 Å². The second-order valence-corrected chi connectivity index (χ2v) is 8.72. The fourth-order valence-corrected chi connectivity index (χ4v) is 4.37. The fourth-order valence-electron chi connectivity index (χ4n) is 3.39. The Morgan fingerprint density at radius 3 is 2.82 bits per heavy atom. The molecule has 1 N–H and O–H groups in total. The molecule has 1 aromatic carbocycles. The lowest BCUT2D eigenvalue weighted by atomic mass is 10.2. The van der Waals surface area contributed by atoms with Gasteiger partial charge in [0.25, 0.3) is 5.56 Å². The van der Waals surface area contributed by atoms with Gasteiger partial charge in [-0.2, -0.15) is 0 Å². The van der Waals surface area contributed by atoms with Crippen LogP contribution in [-0.2, 0) is 17.9 Å². The summed E-state index contributed by atoms with van der Waals surface area (Å²) in [7, 11) is 1.56. The molecule has 0 saturated carbocycles. The van der Waals surface area contributed by atoms with Crippen molar-refractivity contribution in [2.75, 3.05) is 12.4 Å². The highest BCUT2D eigenvalue weighted by molar-refractivity contribution is 7.18. The molecule has 1 amide bonds. The number of hydrogen-bond donors (Lipinski definition) is 1. The molecule has 9 heteroatoms. The number of nitrogens with one attached hydrogen (secondary N) is 1. The van der Waals surface area contributed by atoms with Gasteiger partial charge in [0, 0.05) is 47.6 Å². The van der Waals surface area contributed by atoms with E-state index in [1.165, 1.54) is 22.2 Å². The molecule has 3 aromatic heterocycles. The third-order valence-electron chi connectivity index (χ3n) is 5.30. The van der Waals surface area contributed by atoms with E-state index in [4.69, 9.17) is 9.47 Å². The average Bonchev–Trinajstić information content (AvgIpc) is 3.12. The standard InChI is InChI=1S/C24H24N4O4S/c1-15-16(2)33-23-22(15)24(30)28(14-26-23)10-8-21(29)27-18-6-7-19(31-3)20(11-18)32-13-17-5-4-9-25-12-17/h4-7,9,11-12,14H,8,10,13H2,1-3H3,(H,27,29). The number of carbonyl (C=O) groups excluding carboxylic acids is 1. The highest BCUT2D eigenvalue weighted by Gasteiger charge is 2.13. The van der Waals surface area contributed by atoms with E-state index in [-0.39, 0.29) is 24.4 Å². The number of pyridine rings is 1. The molecular weight excluding hydrogens is 440 g/mol. The molecule has 33 heavy (non-hydrogen) atoms. The minimum Gasteiger partial charge on any atom is -0.493 e. The molecule has 170 valence electrons. The van der Waals surface area contributed by atoms with Crippen molar-refractivity contribution in [1.29, 1.82) is 0 Å². The quantitative estimate of drug-likeness (QED) is 0.422. The molecule has 0 saturated heterocycles. The first-order chi connectivity index (χ1) is 16.0. The molecule has 0 bridgehead atoms. The lowest BCUT2D eigenvalue weighted by molar-refractivity contribution is -0.116. The summed E-state index contributed by atoms with van der Waals surface area (Å²) in [6.07, 6.45) is 5.06. The van der Waals surface area contributed by atoms with E-state index in [1.807, 2.05) is 26.0 Å². The number of rotatable bonds is 8. The Bertz CT molecular complexity index is 1350. The first-order valence-electron chi connectivity index (χ1n) is 10.4. The van der Waals surface area contributed by atoms with Crippen LogP contribution in [0.5, 0.6) is 11.5 Å². The average molecular weight is 465 g/mol. The lowest BCUT2D eigenvalue weighted by Gasteiger charge is -2.13. The van der Waals surface area contributed by atoms with Crippen LogP contribution in [0.15, 0.2) is 53.8 Å². The SMILES string of the molecule is COc1ccc(NC(=O)CCn2cnc3sc(C)c(C)c3c2=O)cc1OCc1cccnc1. The third-order valence-corrected chi connectivity index (χ3v) is 6.42. The maximum absolute atomic E-state index is 12.8. The number of fused-ring (bicyclic) bond motifs is 1. The Balaban J connectivity index is 1.42. The Labute approximate surface area is 194 Å². The molecule has 0 aliphatic rings. The Morgan fingerprint density at radius 2 is 2.06 bits per heavy atom. The molecule has 3 heterocycles. The number of anilines is 1. The van der Waals surface area contributed by atoms with E-state index in [0.717, 1.165) is 20.8 Å². The molecule has 0 fully saturated rings. The number of methoxy groups -OCH3 is 1. The highest BCUT2D eigenvalue weighted by atomic mass is 32.1. The van der Waals surface area contributed by atoms with E-state index < -0.39 is 0 Å². The topological polar surface area (TPSA) is 95.3 Å². The van der Waals surface area contributed by atoms with Gasteiger partial charge in [-0.1, -0.05) is 6.07 Å². The van der Waals surface area contributed by atoms with Crippen molar-refractivity contribution in [3.63, 3.8) is 0 Å². The summed E-state index contributed by atoms with van der Waals surface area (Å²) < 4.78 is 12.7. The van der Waals surface area contributed by atoms with Crippen molar-refractivity contribution >= 4 is 33.1 Å². The maximum Gasteiger partial charge on any atom is 0.262 e. The van der Waals surface area contributed by atoms with Crippen molar-refractivity contribution in [2.45, 2.75) is 33.4 Å². The van der Waals surface area contributed by atoms with Gasteiger partial charge in [-0.15, -0.1) is 11.3 Å². The summed E-state index contributed by atoms with van der Waals surface area (Å²) in [6, 6.07) is 8.94. The summed E-state index contributed by atoms with van der Waals surface area (Å²) in [5, 5.41) is 3.48. The van der Waals surface area contributed by atoms with Gasteiger partial charge >= 0.3 is 0 Å². The number of aromatic nitrogens is 3. The van der Waals surface area contributed by atoms with Gasteiger partial charge in [0.15, 0.2) is 11.5 Å². The van der Waals surface area contributed by atoms with E-state index in [2.05, 4.69) is 15.3 Å². The van der Waals surface area contributed by atoms with E-state index in [9.17, 15) is 9.59 Å². The zero-order valence-electron chi connectivity index (χ0n) is 18.6. The first-order valence-corrected chi connectivity index (χ1v) is 11.2. The molecule has 0 aliphatic heterocycles. The fraction of sp³-hybridized carbons (Fsp3) is 0.250. The summed E-state index contributed by atoms with van der Waals surface area (Å²) in [6.45, 7) is 4.46. The molecule has 0 radical (unpaired) electrons. The molecule has 0 atom stereocenters. The van der Waals surface area contributed by atoms with Crippen molar-refractivity contribution < 1.29 is 14.3 Å². The maximum atomic E-state index is 12.8. The van der Waals surface area contributed by atoms with Crippen LogP contribution in [0.1, 0.15) is 22.4 Å². The number of carbonyl (C=O) groups is 1. The second kappa shape index (κ2) is 9.83. The monoisotopic (exact) mass is 464 g/mol. The van der Waals surface area contributed by atoms with Crippen LogP contribution in [0.3, 0.4) is 0 Å². The summed E-state index contributed by atoms with van der Waals surface area (Å²) >= 11 is 1.51. The minimum absolute atomic E-state index is 0.120. The van der Waals surface area contributed by atoms with Crippen LogP contribution in [0.2, 0.25) is 0 Å². The third kappa shape index (κ3) is 5.04. The number of aryl methyl sites for hydroxylation is 3. The molecular formula is C24H24N4O4S. The highest BCUT2D eigenvalue weighted by Crippen LogP contribution is 2.31. The van der Waals surface area contributed by atoms with E-state index in [1.54, 1.807) is 37.7 Å². The van der Waals surface area contributed by atoms with Gasteiger partial charge in [0.1, 0.15) is 11.4 Å². The van der Waals surface area contributed by atoms with Crippen molar-refractivity contribution in [1.82, 2.24) is 14.5 Å². The Morgan fingerprint density at radius 1 is 1.21 bits per heavy atom. The normalized spacial score (nSPS) is 10.9. The minimum atomic E-state index is -0.219. The predicted molar refractivity (Wildman–Crippen MR) is 128 cm³/mol. The lowest BCUT2D eigenvalue weighted by Crippen LogP contribution is -2.23. The Kier molecular flexibility index (Phi) is 6.69. The largest absolute Gasteiger partial charge is 0.493 e. The van der Waals surface area contributed by atoms with Gasteiger partial charge in [0.2, 0.25) is 5.91 Å². The van der Waals surface area contributed by atoms with Crippen LogP contribution < -0.4 is 20.3 Å². The van der Waals surface area contributed by atoms with Crippen LogP contribution in [0, 0.1) is 13.8 Å². The summed E-state index contributed by atoms with van der Waals surface area (Å²) in [5.74, 6) is 0.848. The van der Waals surface area contributed by atoms with Gasteiger partial charge in [-0.25, -0.2) is 4.98 Å². The number of nitrogens with zero attached hydrogens (tertiary/aromatic N) is 3. The zero-order valence-corrected chi connectivity index (χ0v) is 19.4. The second-order valence-electron chi connectivity index (χ2n) is 7.52. The zero-order chi connectivity index (χ0) is 23.4. The van der Waals surface area contributed by atoms with Crippen molar-refractivity contribution in [2.24, 2.45) is 0 Å². The Hall–Kier alpha value is -3.72. The van der Waals surface area contributed by atoms with E-state index >= 15 is 0 Å². The van der Waals surface area contributed by atoms with Gasteiger partial charge in [-0.05, 0) is 37.6 Å². The van der Waals surface area contributed by atoms with E-state index in [0.29, 0.717) is 29.2 Å². The smallest absolute Gasteiger partial charge is 0.262 e. The number of benzene rings is 1. The van der Waals surface area contributed by atoms with Crippen LogP contribution in [-0.4, -0.2) is 27.6 Å². The molecule has 0 spiro atoms. The van der Waals surface area contributed by atoms with Crippen molar-refractivity contribution in [3.05, 3.63) is 75.4 Å². The number of thiophene rings is 1. The predicted octanol–water partition coefficient (Wildman–Crippen LogP) is 4.09. The molecule has 4 rings (SSSR count). The number of hydrogen-bond acceptors (Lipinski definition) is 7. The molecule has 0 unspecified atom stereocenters. The molecule has 0 aliphatic carbocycles. The summed E-state index contributed by atoms with van der Waals surface area (Å²) in [4.78, 5) is 35.6. The molecule has 8 nitrogen and oxygen atoms in total. The van der Waals surface area contributed by atoms with Crippen LogP contribution in [0.4, 0.5) is 5.69 Å². The van der Waals surface area contributed by atoms with Gasteiger partial charge in [0.05, 0.1) is 18.8 Å². The number of amides is 1. The molecule has 4 aromatic rings. The van der Waals surface area contributed by atoms with Gasteiger partial charge in [-0.3, -0.25) is 19.1 Å². The summed E-state index contributed by atoms with van der Waals surface area (Å²) in [5.41, 5.74) is 2.32.